The molecule has 1 heterocycles. The second kappa shape index (κ2) is 6.36. The van der Waals surface area contributed by atoms with E-state index in [-0.39, 0.29) is 11.4 Å². The summed E-state index contributed by atoms with van der Waals surface area (Å²) in [6.45, 7) is 0.205. The molecule has 0 unspecified atom stereocenters. The molecule has 0 spiro atoms. The molecule has 1 N–H and O–H groups in total. The summed E-state index contributed by atoms with van der Waals surface area (Å²) >= 11 is 0. The molecule has 118 valence electrons. The zero-order chi connectivity index (χ0) is 16.3. The average Bonchev–Trinajstić information content (AvgIpc) is 2.60. The summed E-state index contributed by atoms with van der Waals surface area (Å²) in [5, 5.41) is 1.77. The molecule has 23 heavy (non-hydrogen) atoms. The molecule has 3 rings (SSSR count). The summed E-state index contributed by atoms with van der Waals surface area (Å²) in [5.41, 5.74) is 0.807. The van der Waals surface area contributed by atoms with Crippen molar-refractivity contribution in [2.45, 2.75) is 11.4 Å². The van der Waals surface area contributed by atoms with Crippen LogP contribution >= 0.6 is 0 Å². The van der Waals surface area contributed by atoms with Crippen LogP contribution in [0.1, 0.15) is 5.56 Å². The van der Waals surface area contributed by atoms with Crippen LogP contribution in [0.5, 0.6) is 5.75 Å². The van der Waals surface area contributed by atoms with Gasteiger partial charge in [0.05, 0.1) is 12.0 Å². The summed E-state index contributed by atoms with van der Waals surface area (Å²) in [4.78, 5) is 4.20. The van der Waals surface area contributed by atoms with Crippen molar-refractivity contribution in [1.29, 1.82) is 0 Å². The molecule has 0 saturated heterocycles. The van der Waals surface area contributed by atoms with Gasteiger partial charge in [-0.2, -0.15) is 0 Å². The quantitative estimate of drug-likeness (QED) is 0.782. The van der Waals surface area contributed by atoms with Crippen LogP contribution in [0.15, 0.2) is 65.8 Å². The van der Waals surface area contributed by atoms with E-state index in [0.717, 1.165) is 22.1 Å². The van der Waals surface area contributed by atoms with E-state index < -0.39 is 10.0 Å². The van der Waals surface area contributed by atoms with E-state index in [4.69, 9.17) is 4.74 Å². The van der Waals surface area contributed by atoms with Crippen molar-refractivity contribution in [3.63, 3.8) is 0 Å². The van der Waals surface area contributed by atoms with Gasteiger partial charge in [0.1, 0.15) is 5.75 Å². The minimum absolute atomic E-state index is 0.205. The van der Waals surface area contributed by atoms with Gasteiger partial charge >= 0.3 is 0 Å². The normalized spacial score (nSPS) is 11.5. The van der Waals surface area contributed by atoms with Gasteiger partial charge in [-0.1, -0.05) is 18.2 Å². The lowest BCUT2D eigenvalue weighted by atomic mass is 10.1. The monoisotopic (exact) mass is 328 g/mol. The summed E-state index contributed by atoms with van der Waals surface area (Å²) < 4.78 is 32.6. The fourth-order valence-corrected chi connectivity index (χ4v) is 3.31. The van der Waals surface area contributed by atoms with Crippen LogP contribution in [0.3, 0.4) is 0 Å². The fourth-order valence-electron chi connectivity index (χ4n) is 2.26. The molecule has 0 amide bonds. The summed E-state index contributed by atoms with van der Waals surface area (Å²) in [5.74, 6) is 0.739. The topological polar surface area (TPSA) is 68.3 Å². The highest BCUT2D eigenvalue weighted by atomic mass is 32.2. The zero-order valence-corrected chi connectivity index (χ0v) is 13.4. The smallest absolute Gasteiger partial charge is 0.240 e. The van der Waals surface area contributed by atoms with Crippen molar-refractivity contribution in [2.24, 2.45) is 0 Å². The number of benzene rings is 2. The lowest BCUT2D eigenvalue weighted by molar-refractivity contribution is 0.415. The molecular weight excluding hydrogens is 312 g/mol. The minimum Gasteiger partial charge on any atom is -0.497 e. The second-order valence-electron chi connectivity index (χ2n) is 5.06. The maximum atomic E-state index is 12.4. The standard InChI is InChI=1S/C17H16N2O3S/c1-22-16-6-4-15-10-17(7-5-14(15)9-16)23(20,21)19-12-13-3-2-8-18-11-13/h2-11,19H,12H2,1H3. The van der Waals surface area contributed by atoms with Crippen molar-refractivity contribution in [3.05, 3.63) is 66.5 Å². The fraction of sp³-hybridized carbons (Fsp3) is 0.118. The zero-order valence-electron chi connectivity index (χ0n) is 12.6. The summed E-state index contributed by atoms with van der Waals surface area (Å²) in [6.07, 6.45) is 3.28. The largest absolute Gasteiger partial charge is 0.497 e. The van der Waals surface area contributed by atoms with Gasteiger partial charge in [-0.05, 0) is 46.7 Å². The number of nitrogens with zero attached hydrogens (tertiary/aromatic N) is 1. The molecule has 2 aromatic carbocycles. The first-order chi connectivity index (χ1) is 11.1. The maximum absolute atomic E-state index is 12.4. The number of hydrogen-bond donors (Lipinski definition) is 1. The van der Waals surface area contributed by atoms with Crippen molar-refractivity contribution >= 4 is 20.8 Å². The van der Waals surface area contributed by atoms with Gasteiger partial charge in [-0.25, -0.2) is 13.1 Å². The molecule has 0 aliphatic carbocycles. The number of ether oxygens (including phenoxy) is 1. The van der Waals surface area contributed by atoms with Crippen molar-refractivity contribution < 1.29 is 13.2 Å². The van der Waals surface area contributed by atoms with Crippen molar-refractivity contribution in [2.75, 3.05) is 7.11 Å². The highest BCUT2D eigenvalue weighted by Crippen LogP contribution is 2.23. The molecule has 0 aliphatic rings. The molecule has 0 fully saturated rings. The Morgan fingerprint density at radius 1 is 1.09 bits per heavy atom. The maximum Gasteiger partial charge on any atom is 0.240 e. The Labute approximate surface area is 135 Å². The lowest BCUT2D eigenvalue weighted by Gasteiger charge is -2.08. The Morgan fingerprint density at radius 2 is 1.87 bits per heavy atom. The van der Waals surface area contributed by atoms with Crippen LogP contribution < -0.4 is 9.46 Å². The first-order valence-electron chi connectivity index (χ1n) is 7.05. The average molecular weight is 328 g/mol. The first kappa shape index (κ1) is 15.5. The van der Waals surface area contributed by atoms with E-state index in [2.05, 4.69) is 9.71 Å². The van der Waals surface area contributed by atoms with E-state index in [9.17, 15) is 8.42 Å². The Hall–Kier alpha value is -2.44. The number of aromatic nitrogens is 1. The van der Waals surface area contributed by atoms with Crippen LogP contribution in [0.25, 0.3) is 10.8 Å². The molecule has 0 bridgehead atoms. The van der Waals surface area contributed by atoms with E-state index in [1.54, 1.807) is 43.8 Å². The molecule has 6 heteroatoms. The van der Waals surface area contributed by atoms with Gasteiger partial charge in [0.2, 0.25) is 10.0 Å². The Kier molecular flexibility index (Phi) is 4.27. The Morgan fingerprint density at radius 3 is 2.61 bits per heavy atom. The Balaban J connectivity index is 1.86. The van der Waals surface area contributed by atoms with Gasteiger partial charge in [-0.15, -0.1) is 0 Å². The highest BCUT2D eigenvalue weighted by molar-refractivity contribution is 7.89. The van der Waals surface area contributed by atoms with Crippen molar-refractivity contribution in [3.8, 4) is 5.75 Å². The molecule has 0 atom stereocenters. The third-order valence-electron chi connectivity index (χ3n) is 3.52. The van der Waals surface area contributed by atoms with Gasteiger partial charge < -0.3 is 4.74 Å². The molecular formula is C17H16N2O3S. The van der Waals surface area contributed by atoms with E-state index in [1.165, 1.54) is 0 Å². The molecule has 0 saturated carbocycles. The van der Waals surface area contributed by atoms with Gasteiger partial charge in [-0.3, -0.25) is 4.98 Å². The van der Waals surface area contributed by atoms with Crippen LogP contribution in [-0.4, -0.2) is 20.5 Å². The number of rotatable bonds is 5. The van der Waals surface area contributed by atoms with E-state index in [1.807, 2.05) is 24.3 Å². The highest BCUT2D eigenvalue weighted by Gasteiger charge is 2.14. The first-order valence-corrected chi connectivity index (χ1v) is 8.53. The molecule has 3 aromatic rings. The van der Waals surface area contributed by atoms with Crippen LogP contribution in [0.4, 0.5) is 0 Å². The number of sulfonamides is 1. The van der Waals surface area contributed by atoms with Crippen molar-refractivity contribution in [1.82, 2.24) is 9.71 Å². The molecule has 1 aromatic heterocycles. The third kappa shape index (κ3) is 3.49. The van der Waals surface area contributed by atoms with Crippen LogP contribution in [0.2, 0.25) is 0 Å². The Bertz CT molecular complexity index is 925. The van der Waals surface area contributed by atoms with Crippen LogP contribution in [0, 0.1) is 0 Å². The third-order valence-corrected chi connectivity index (χ3v) is 4.92. The number of pyridine rings is 1. The van der Waals surface area contributed by atoms with E-state index >= 15 is 0 Å². The summed E-state index contributed by atoms with van der Waals surface area (Å²) in [7, 11) is -1.98. The van der Waals surface area contributed by atoms with Crippen LogP contribution in [-0.2, 0) is 16.6 Å². The number of nitrogens with one attached hydrogen (secondary N) is 1. The molecule has 5 nitrogen and oxygen atoms in total. The van der Waals surface area contributed by atoms with E-state index in [0.29, 0.717) is 0 Å². The van der Waals surface area contributed by atoms with Gasteiger partial charge in [0, 0.05) is 18.9 Å². The minimum atomic E-state index is -3.57. The number of methoxy groups -OCH3 is 1. The number of hydrogen-bond acceptors (Lipinski definition) is 4. The summed E-state index contributed by atoms with van der Waals surface area (Å²) in [6, 6.07) is 14.1. The van der Waals surface area contributed by atoms with Gasteiger partial charge in [0.25, 0.3) is 0 Å². The second-order valence-corrected chi connectivity index (χ2v) is 6.83. The van der Waals surface area contributed by atoms with Gasteiger partial charge in [0.15, 0.2) is 0 Å². The molecule has 0 radical (unpaired) electrons. The predicted molar refractivity (Wildman–Crippen MR) is 88.8 cm³/mol. The molecule has 0 aliphatic heterocycles. The number of fused-ring (bicyclic) bond motifs is 1. The SMILES string of the molecule is COc1ccc2cc(S(=O)(=O)NCc3cccnc3)ccc2c1. The predicted octanol–water partition coefficient (Wildman–Crippen LogP) is 2.72. The lowest BCUT2D eigenvalue weighted by Crippen LogP contribution is -2.23.